The van der Waals surface area contributed by atoms with E-state index in [9.17, 15) is 17.6 Å². The molecule has 1 aromatic rings. The lowest BCUT2D eigenvalue weighted by molar-refractivity contribution is -0.0328. The van der Waals surface area contributed by atoms with Crippen LogP contribution in [0.25, 0.3) is 0 Å². The van der Waals surface area contributed by atoms with E-state index >= 15 is 0 Å². The van der Waals surface area contributed by atoms with Crippen LogP contribution >= 0.6 is 35.0 Å². The van der Waals surface area contributed by atoms with Crippen LogP contribution in [0.2, 0.25) is 10.0 Å². The summed E-state index contributed by atoms with van der Waals surface area (Å²) in [6, 6.07) is 1.65. The van der Waals surface area contributed by atoms with E-state index in [0.717, 1.165) is 6.07 Å². The number of hydrogen-bond donors (Lipinski definition) is 0. The van der Waals surface area contributed by atoms with Gasteiger partial charge in [0.2, 0.25) is 0 Å². The van der Waals surface area contributed by atoms with E-state index in [0.29, 0.717) is 6.07 Å². The van der Waals surface area contributed by atoms with E-state index in [1.807, 2.05) is 0 Å². The maximum atomic E-state index is 12.8. The van der Waals surface area contributed by atoms with Gasteiger partial charge >= 0.3 is 5.51 Å². The Labute approximate surface area is 91.2 Å². The Morgan fingerprint density at radius 1 is 1.14 bits per heavy atom. The predicted molar refractivity (Wildman–Crippen MR) is 48.3 cm³/mol. The molecule has 0 aliphatic heterocycles. The van der Waals surface area contributed by atoms with Crippen molar-refractivity contribution >= 4 is 35.0 Å². The Kier molecular flexibility index (Phi) is 3.55. The van der Waals surface area contributed by atoms with E-state index in [1.54, 1.807) is 0 Å². The van der Waals surface area contributed by atoms with Gasteiger partial charge < -0.3 is 0 Å². The minimum Gasteiger partial charge on any atom is -0.205 e. The number of thioether (sulfide) groups is 1. The van der Waals surface area contributed by atoms with Crippen LogP contribution in [-0.4, -0.2) is 5.51 Å². The quantitative estimate of drug-likeness (QED) is 0.401. The van der Waals surface area contributed by atoms with Gasteiger partial charge in [0, 0.05) is 4.90 Å². The summed E-state index contributed by atoms with van der Waals surface area (Å²) in [6.07, 6.45) is 0. The SMILES string of the molecule is Fc1cc(SC(F)(F)F)cc(Cl)c1Cl. The van der Waals surface area contributed by atoms with Crippen LogP contribution in [0, 0.1) is 5.82 Å². The first-order valence-electron chi connectivity index (χ1n) is 3.20. The minimum atomic E-state index is -4.47. The van der Waals surface area contributed by atoms with Crippen molar-refractivity contribution in [2.45, 2.75) is 10.4 Å². The summed E-state index contributed by atoms with van der Waals surface area (Å²) in [5.74, 6) is -0.967. The molecule has 0 aromatic heterocycles. The summed E-state index contributed by atoms with van der Waals surface area (Å²) in [6.45, 7) is 0. The highest BCUT2D eigenvalue weighted by Gasteiger charge is 2.29. The third kappa shape index (κ3) is 3.22. The number of halogens is 6. The molecule has 0 radical (unpaired) electrons. The Bertz CT molecular complexity index is 327. The number of benzene rings is 1. The molecule has 78 valence electrons. The summed E-state index contributed by atoms with van der Waals surface area (Å²) in [5, 5.41) is -0.614. The summed E-state index contributed by atoms with van der Waals surface area (Å²) in [5.41, 5.74) is -4.47. The zero-order chi connectivity index (χ0) is 10.9. The molecule has 0 aliphatic rings. The number of alkyl halides is 3. The first-order valence-corrected chi connectivity index (χ1v) is 4.77. The van der Waals surface area contributed by atoms with Crippen molar-refractivity contribution in [1.82, 2.24) is 0 Å². The van der Waals surface area contributed by atoms with Gasteiger partial charge in [-0.15, -0.1) is 0 Å². The molecule has 0 aliphatic carbocycles. The monoisotopic (exact) mass is 264 g/mol. The molecule has 0 bridgehead atoms. The molecule has 0 N–H and O–H groups in total. The van der Waals surface area contributed by atoms with Crippen LogP contribution in [0.1, 0.15) is 0 Å². The van der Waals surface area contributed by atoms with Gasteiger partial charge in [-0.2, -0.15) is 13.2 Å². The molecule has 0 heterocycles. The molecule has 0 unspecified atom stereocenters. The van der Waals surface area contributed by atoms with Gasteiger partial charge in [0.25, 0.3) is 0 Å². The molecule has 14 heavy (non-hydrogen) atoms. The lowest BCUT2D eigenvalue weighted by atomic mass is 10.3. The van der Waals surface area contributed by atoms with E-state index in [1.165, 1.54) is 0 Å². The van der Waals surface area contributed by atoms with Gasteiger partial charge in [-0.05, 0) is 23.9 Å². The van der Waals surface area contributed by atoms with E-state index in [4.69, 9.17) is 23.2 Å². The van der Waals surface area contributed by atoms with Crippen molar-refractivity contribution in [3.05, 3.63) is 28.0 Å². The first-order chi connectivity index (χ1) is 6.29. The number of hydrogen-bond acceptors (Lipinski definition) is 1. The van der Waals surface area contributed by atoms with E-state index < -0.39 is 23.1 Å². The molecule has 0 spiro atoms. The lowest BCUT2D eigenvalue weighted by Gasteiger charge is -2.06. The van der Waals surface area contributed by atoms with Crippen LogP contribution in [0.15, 0.2) is 17.0 Å². The smallest absolute Gasteiger partial charge is 0.205 e. The number of rotatable bonds is 1. The topological polar surface area (TPSA) is 0 Å². The zero-order valence-electron chi connectivity index (χ0n) is 6.33. The first kappa shape index (κ1) is 11.9. The molecule has 0 saturated carbocycles. The highest BCUT2D eigenvalue weighted by atomic mass is 35.5. The molecular weight excluding hydrogens is 263 g/mol. The second-order valence-electron chi connectivity index (χ2n) is 2.25. The molecule has 1 rings (SSSR count). The van der Waals surface area contributed by atoms with Crippen LogP contribution in [-0.2, 0) is 0 Å². The highest BCUT2D eigenvalue weighted by Crippen LogP contribution is 2.39. The second-order valence-corrected chi connectivity index (χ2v) is 4.17. The van der Waals surface area contributed by atoms with Crippen molar-refractivity contribution in [3.8, 4) is 0 Å². The Morgan fingerprint density at radius 3 is 2.14 bits per heavy atom. The van der Waals surface area contributed by atoms with Gasteiger partial charge in [-0.1, -0.05) is 23.2 Å². The Hall–Kier alpha value is -0.130. The fraction of sp³-hybridized carbons (Fsp3) is 0.143. The average molecular weight is 265 g/mol. The standard InChI is InChI=1S/C7H2Cl2F4S/c8-4-1-3(14-7(11,12)13)2-5(10)6(4)9/h1-2H. The van der Waals surface area contributed by atoms with Crippen LogP contribution < -0.4 is 0 Å². The molecule has 0 amide bonds. The molecule has 0 fully saturated rings. The molecule has 7 heteroatoms. The van der Waals surface area contributed by atoms with Crippen LogP contribution in [0.5, 0.6) is 0 Å². The van der Waals surface area contributed by atoms with Crippen molar-refractivity contribution in [2.24, 2.45) is 0 Å². The fourth-order valence-electron chi connectivity index (χ4n) is 0.725. The molecular formula is C7H2Cl2F4S. The van der Waals surface area contributed by atoms with Crippen molar-refractivity contribution in [1.29, 1.82) is 0 Å². The van der Waals surface area contributed by atoms with Crippen molar-refractivity contribution in [2.75, 3.05) is 0 Å². The van der Waals surface area contributed by atoms with E-state index in [2.05, 4.69) is 0 Å². The molecule has 0 saturated heterocycles. The lowest BCUT2D eigenvalue weighted by Crippen LogP contribution is -1.99. The van der Waals surface area contributed by atoms with Gasteiger partial charge in [0.15, 0.2) is 0 Å². The normalized spacial score (nSPS) is 11.9. The Morgan fingerprint density at radius 2 is 1.71 bits per heavy atom. The van der Waals surface area contributed by atoms with Crippen molar-refractivity contribution < 1.29 is 17.6 Å². The van der Waals surface area contributed by atoms with Crippen molar-refractivity contribution in [3.63, 3.8) is 0 Å². The largest absolute Gasteiger partial charge is 0.446 e. The van der Waals surface area contributed by atoms with Gasteiger partial charge in [-0.25, -0.2) is 4.39 Å². The second kappa shape index (κ2) is 4.16. The summed E-state index contributed by atoms with van der Waals surface area (Å²) in [4.78, 5) is -0.329. The third-order valence-corrected chi connectivity index (χ3v) is 2.67. The zero-order valence-corrected chi connectivity index (χ0v) is 8.66. The fourth-order valence-corrected chi connectivity index (χ4v) is 1.71. The minimum absolute atomic E-state index is 0.238. The van der Waals surface area contributed by atoms with Gasteiger partial charge in [-0.3, -0.25) is 0 Å². The highest BCUT2D eigenvalue weighted by molar-refractivity contribution is 8.00. The van der Waals surface area contributed by atoms with E-state index in [-0.39, 0.29) is 14.9 Å². The van der Waals surface area contributed by atoms with Gasteiger partial charge in [0.1, 0.15) is 5.82 Å². The molecule has 0 nitrogen and oxygen atoms in total. The summed E-state index contributed by atoms with van der Waals surface area (Å²) in [7, 11) is 0. The van der Waals surface area contributed by atoms with Crippen LogP contribution in [0.3, 0.4) is 0 Å². The average Bonchev–Trinajstić information content (AvgIpc) is 1.96. The maximum absolute atomic E-state index is 12.8. The summed E-state index contributed by atoms with van der Waals surface area (Å²) < 4.78 is 48.4. The summed E-state index contributed by atoms with van der Waals surface area (Å²) >= 11 is 10.3. The third-order valence-electron chi connectivity index (χ3n) is 1.19. The predicted octanol–water partition coefficient (Wildman–Crippen LogP) is 4.74. The molecule has 0 atom stereocenters. The Balaban J connectivity index is 3.02. The van der Waals surface area contributed by atoms with Gasteiger partial charge in [0.05, 0.1) is 10.0 Å². The van der Waals surface area contributed by atoms with Crippen LogP contribution in [0.4, 0.5) is 17.6 Å². The maximum Gasteiger partial charge on any atom is 0.446 e. The molecule has 1 aromatic carbocycles.